The molecule has 0 heterocycles. The molecule has 0 bridgehead atoms. The number of primary amides is 1. The highest BCUT2D eigenvalue weighted by Gasteiger charge is 2.64. The lowest BCUT2D eigenvalue weighted by atomic mass is 9.58. The summed E-state index contributed by atoms with van der Waals surface area (Å²) in [6.07, 6.45) is 5.01. The number of aliphatic hydroxyl groups is 3. The van der Waals surface area contributed by atoms with Crippen molar-refractivity contribution in [3.05, 3.63) is 51.8 Å². The number of rotatable bonds is 3. The normalized spacial score (nSPS) is 29.1. The van der Waals surface area contributed by atoms with Crippen molar-refractivity contribution in [1.82, 2.24) is 0 Å². The van der Waals surface area contributed by atoms with Gasteiger partial charge in [0, 0.05) is 5.57 Å². The van der Waals surface area contributed by atoms with Crippen molar-refractivity contribution in [2.45, 2.75) is 37.7 Å². The zero-order valence-electron chi connectivity index (χ0n) is 18.9. The van der Waals surface area contributed by atoms with E-state index in [9.17, 15) is 34.8 Å². The van der Waals surface area contributed by atoms with Gasteiger partial charge in [-0.3, -0.25) is 14.4 Å². The molecule has 4 aliphatic carbocycles. The maximum absolute atomic E-state index is 13.7. The summed E-state index contributed by atoms with van der Waals surface area (Å²) in [7, 11) is 1.17. The number of hydrogen-bond acceptors (Lipinski definition) is 9. The topological polar surface area (TPSA) is 180 Å². The van der Waals surface area contributed by atoms with Crippen LogP contribution in [0.2, 0.25) is 0 Å². The molecule has 0 spiro atoms. The summed E-state index contributed by atoms with van der Waals surface area (Å²) in [5, 5.41) is 47.6. The Morgan fingerprint density at radius 1 is 1.17 bits per heavy atom. The summed E-state index contributed by atoms with van der Waals surface area (Å²) in [5.74, 6) is -7.48. The quantitative estimate of drug-likeness (QED) is 0.246. The fraction of sp³-hybridized carbons (Fsp3) is 0.360. The van der Waals surface area contributed by atoms with E-state index in [1.54, 1.807) is 6.07 Å². The van der Waals surface area contributed by atoms with Gasteiger partial charge in [0.05, 0.1) is 11.5 Å². The van der Waals surface area contributed by atoms with E-state index in [-0.39, 0.29) is 35.4 Å². The van der Waals surface area contributed by atoms with E-state index >= 15 is 0 Å². The number of aliphatic hydroxyl groups excluding tert-OH is 2. The third-order valence-electron chi connectivity index (χ3n) is 7.46. The van der Waals surface area contributed by atoms with Crippen LogP contribution in [0.15, 0.2) is 40.3 Å². The Labute approximate surface area is 199 Å². The Kier molecular flexibility index (Phi) is 5.10. The number of benzene rings is 1. The Hall–Kier alpha value is -3.92. The molecule has 1 fully saturated rings. The minimum Gasteiger partial charge on any atom is -0.507 e. The molecular weight excluding hydrogens is 456 g/mol. The number of nitrogens with zero attached hydrogens (tertiary/aromatic N) is 1. The van der Waals surface area contributed by atoms with Crippen LogP contribution >= 0.6 is 0 Å². The molecule has 0 radical (unpaired) electrons. The zero-order valence-corrected chi connectivity index (χ0v) is 18.9. The van der Waals surface area contributed by atoms with Gasteiger partial charge >= 0.3 is 0 Å². The number of aromatic hydroxyl groups is 1. The number of oxime groups is 1. The molecule has 1 aromatic rings. The smallest absolute Gasteiger partial charge is 0.256 e. The number of allylic oxidation sites excluding steroid dienone is 3. The summed E-state index contributed by atoms with van der Waals surface area (Å²) in [5.41, 5.74) is 3.55. The molecule has 35 heavy (non-hydrogen) atoms. The first-order chi connectivity index (χ1) is 16.6. The number of amides is 1. The highest BCUT2D eigenvalue weighted by molar-refractivity contribution is 6.38. The zero-order chi connectivity index (χ0) is 25.2. The molecule has 5 rings (SSSR count). The number of phenolic OH excluding ortho intramolecular Hbond substituents is 1. The third-order valence-corrected chi connectivity index (χ3v) is 7.46. The van der Waals surface area contributed by atoms with Crippen LogP contribution in [0.4, 0.5) is 0 Å². The van der Waals surface area contributed by atoms with Crippen molar-refractivity contribution in [3.8, 4) is 5.75 Å². The van der Waals surface area contributed by atoms with Gasteiger partial charge < -0.3 is 31.0 Å². The maximum atomic E-state index is 13.7. The molecule has 1 amide bonds. The molecular formula is C25H24N2O8. The number of carbonyl (C=O) groups is 3. The van der Waals surface area contributed by atoms with Gasteiger partial charge in [-0.25, -0.2) is 0 Å². The molecule has 3 atom stereocenters. The van der Waals surface area contributed by atoms with Crippen LogP contribution in [0.1, 0.15) is 42.4 Å². The van der Waals surface area contributed by atoms with Crippen LogP contribution in [0.5, 0.6) is 5.75 Å². The van der Waals surface area contributed by atoms with E-state index in [4.69, 9.17) is 10.6 Å². The number of fused-ring (bicyclic) bond motifs is 3. The largest absolute Gasteiger partial charge is 0.507 e. The number of ketones is 2. The number of nitrogens with two attached hydrogens (primary N) is 1. The summed E-state index contributed by atoms with van der Waals surface area (Å²) in [4.78, 5) is 43.6. The maximum Gasteiger partial charge on any atom is 0.256 e. The Morgan fingerprint density at radius 3 is 2.54 bits per heavy atom. The monoisotopic (exact) mass is 480 g/mol. The first-order valence-corrected chi connectivity index (χ1v) is 11.3. The average Bonchev–Trinajstić information content (AvgIpc) is 3.33. The summed E-state index contributed by atoms with van der Waals surface area (Å²) in [6.45, 7) is 0. The SMILES string of the molecule is CO/N=C1\C(O)=C(C(N)=O)C(=O)[C@@]2(O)C(=O)C3=C(O)c4c(O)ccc(C5=CCCC5)c4C[C@H]3C[C@@H]12. The molecule has 1 aromatic carbocycles. The van der Waals surface area contributed by atoms with E-state index in [2.05, 4.69) is 11.2 Å². The van der Waals surface area contributed by atoms with Gasteiger partial charge in [0.15, 0.2) is 11.4 Å². The number of hydrogen-bond donors (Lipinski definition) is 5. The summed E-state index contributed by atoms with van der Waals surface area (Å²) >= 11 is 0. The van der Waals surface area contributed by atoms with E-state index < -0.39 is 52.0 Å². The molecule has 0 aromatic heterocycles. The van der Waals surface area contributed by atoms with Gasteiger partial charge in [0.1, 0.15) is 29.9 Å². The molecule has 0 aliphatic heterocycles. The third kappa shape index (κ3) is 2.99. The van der Waals surface area contributed by atoms with Gasteiger partial charge in [-0.1, -0.05) is 17.3 Å². The predicted octanol–water partition coefficient (Wildman–Crippen LogP) is 1.60. The van der Waals surface area contributed by atoms with Gasteiger partial charge in [0.25, 0.3) is 5.91 Å². The second-order valence-electron chi connectivity index (χ2n) is 9.23. The minimum atomic E-state index is -2.84. The first-order valence-electron chi connectivity index (χ1n) is 11.3. The minimum absolute atomic E-state index is 0.0702. The van der Waals surface area contributed by atoms with Crippen LogP contribution in [0.25, 0.3) is 11.3 Å². The van der Waals surface area contributed by atoms with Gasteiger partial charge in [-0.2, -0.15) is 0 Å². The lowest BCUT2D eigenvalue weighted by Gasteiger charge is -2.45. The van der Waals surface area contributed by atoms with Crippen molar-refractivity contribution < 1.29 is 39.6 Å². The lowest BCUT2D eigenvalue weighted by molar-refractivity contribution is -0.153. The van der Waals surface area contributed by atoms with Crippen LogP contribution in [-0.2, 0) is 25.6 Å². The van der Waals surface area contributed by atoms with Gasteiger partial charge in [0.2, 0.25) is 11.6 Å². The van der Waals surface area contributed by atoms with E-state index in [0.717, 1.165) is 30.4 Å². The van der Waals surface area contributed by atoms with Gasteiger partial charge in [-0.05, 0) is 60.8 Å². The predicted molar refractivity (Wildman–Crippen MR) is 123 cm³/mol. The molecule has 6 N–H and O–H groups in total. The number of phenols is 1. The van der Waals surface area contributed by atoms with Crippen molar-refractivity contribution >= 4 is 34.5 Å². The van der Waals surface area contributed by atoms with Crippen LogP contribution in [0.3, 0.4) is 0 Å². The fourth-order valence-electron chi connectivity index (χ4n) is 5.91. The molecule has 0 unspecified atom stereocenters. The highest BCUT2D eigenvalue weighted by Crippen LogP contribution is 2.51. The standard InChI is InChI=1S/C25H24N2O8/c1-35-27-19-14-9-11-8-13-12(10-4-2-3-5-10)6-7-15(28)17(13)20(29)16(11)22(31)25(14,34)23(32)18(21(19)30)24(26)33/h4,6-7,11,14,28-30,34H,2-3,5,8-9H2,1H3,(H2,26,33)/b27-19-/t11-,14-,25-/m0/s1. The number of carbonyl (C=O) groups excluding carboxylic acids is 3. The lowest BCUT2D eigenvalue weighted by Crippen LogP contribution is -2.64. The average molecular weight is 480 g/mol. The van der Waals surface area contributed by atoms with Crippen molar-refractivity contribution in [1.29, 1.82) is 0 Å². The highest BCUT2D eigenvalue weighted by atomic mass is 16.6. The van der Waals surface area contributed by atoms with Gasteiger partial charge in [-0.15, -0.1) is 0 Å². The molecule has 10 heteroatoms. The summed E-state index contributed by atoms with van der Waals surface area (Å²) in [6, 6.07) is 3.22. The molecule has 10 nitrogen and oxygen atoms in total. The van der Waals surface area contributed by atoms with E-state index in [1.807, 2.05) is 0 Å². The first kappa shape index (κ1) is 22.9. The van der Waals surface area contributed by atoms with Crippen LogP contribution < -0.4 is 5.73 Å². The molecule has 182 valence electrons. The van der Waals surface area contributed by atoms with Crippen molar-refractivity contribution in [3.63, 3.8) is 0 Å². The number of Topliss-reactive ketones (excluding diaryl/α,β-unsaturated/α-hetero) is 2. The van der Waals surface area contributed by atoms with Crippen LogP contribution in [-0.4, -0.2) is 56.3 Å². The van der Waals surface area contributed by atoms with E-state index in [0.29, 0.717) is 5.56 Å². The summed E-state index contributed by atoms with van der Waals surface area (Å²) < 4.78 is 0. The second kappa shape index (κ2) is 7.81. The molecule has 0 saturated heterocycles. The Morgan fingerprint density at radius 2 is 1.91 bits per heavy atom. The second-order valence-corrected chi connectivity index (χ2v) is 9.23. The van der Waals surface area contributed by atoms with Crippen molar-refractivity contribution in [2.24, 2.45) is 22.7 Å². The fourth-order valence-corrected chi connectivity index (χ4v) is 5.91. The Balaban J connectivity index is 1.72. The van der Waals surface area contributed by atoms with Crippen LogP contribution in [0, 0.1) is 11.8 Å². The van der Waals surface area contributed by atoms with E-state index in [1.165, 1.54) is 13.2 Å². The van der Waals surface area contributed by atoms with Crippen molar-refractivity contribution in [2.75, 3.05) is 7.11 Å². The molecule has 4 aliphatic rings. The Bertz CT molecular complexity index is 1330. The molecule has 1 saturated carbocycles.